The lowest BCUT2D eigenvalue weighted by Crippen LogP contribution is -2.37. The van der Waals surface area contributed by atoms with Crippen LogP contribution in [0.1, 0.15) is 12.8 Å². The molecule has 1 aliphatic heterocycles. The van der Waals surface area contributed by atoms with Crippen LogP contribution in [0.5, 0.6) is 0 Å². The Bertz CT molecular complexity index is 702. The first-order chi connectivity index (χ1) is 10.2. The molecule has 0 amide bonds. The lowest BCUT2D eigenvalue weighted by Gasteiger charge is -2.17. The first-order valence-electron chi connectivity index (χ1n) is 6.95. The standard InChI is InChI=1S/C15H14ClFN4/c16-14-12(10-5-11(17)7-18-6-10)3-4-13-15(14)19-20-21(13)8-9-1-2-9/h3-7,9,19-20H,1-2,8H2. The Kier molecular flexibility index (Phi) is 2.97. The van der Waals surface area contributed by atoms with Gasteiger partial charge in [-0.2, -0.15) is 0 Å². The second-order valence-electron chi connectivity index (χ2n) is 5.50. The van der Waals surface area contributed by atoms with Crippen molar-refractivity contribution < 1.29 is 4.39 Å². The number of hydrogen-bond acceptors (Lipinski definition) is 4. The van der Waals surface area contributed by atoms with Gasteiger partial charge in [0.1, 0.15) is 5.82 Å². The number of anilines is 2. The Balaban J connectivity index is 1.72. The summed E-state index contributed by atoms with van der Waals surface area (Å²) in [4.78, 5) is 3.88. The Morgan fingerprint density at radius 3 is 2.95 bits per heavy atom. The largest absolute Gasteiger partial charge is 0.300 e. The Hall–Kier alpha value is -1.85. The van der Waals surface area contributed by atoms with Crippen LogP contribution in [0, 0.1) is 11.7 Å². The molecule has 2 N–H and O–H groups in total. The van der Waals surface area contributed by atoms with E-state index in [1.807, 2.05) is 12.1 Å². The van der Waals surface area contributed by atoms with Gasteiger partial charge in [-0.15, -0.1) is 5.53 Å². The summed E-state index contributed by atoms with van der Waals surface area (Å²) < 4.78 is 13.3. The number of halogens is 2. The molecular weight excluding hydrogens is 291 g/mol. The average Bonchev–Trinajstić information content (AvgIpc) is 3.19. The number of nitrogens with zero attached hydrogens (tertiary/aromatic N) is 2. The third kappa shape index (κ3) is 2.32. The third-order valence-corrected chi connectivity index (χ3v) is 4.27. The number of hydrogen-bond donors (Lipinski definition) is 2. The molecule has 1 aromatic heterocycles. The first kappa shape index (κ1) is 12.9. The molecule has 0 atom stereocenters. The highest BCUT2D eigenvalue weighted by Gasteiger charge is 2.29. The zero-order valence-corrected chi connectivity index (χ0v) is 12.0. The van der Waals surface area contributed by atoms with E-state index >= 15 is 0 Å². The van der Waals surface area contributed by atoms with Crippen LogP contribution in [0.15, 0.2) is 30.6 Å². The number of benzene rings is 1. The molecule has 2 aromatic rings. The van der Waals surface area contributed by atoms with Gasteiger partial charge in [0.05, 0.1) is 22.6 Å². The van der Waals surface area contributed by atoms with Crippen LogP contribution in [0.4, 0.5) is 15.8 Å². The molecule has 0 unspecified atom stereocenters. The van der Waals surface area contributed by atoms with E-state index in [9.17, 15) is 4.39 Å². The lowest BCUT2D eigenvalue weighted by molar-refractivity contribution is 0.622. The molecule has 2 aliphatic rings. The molecule has 21 heavy (non-hydrogen) atoms. The highest BCUT2D eigenvalue weighted by atomic mass is 35.5. The van der Waals surface area contributed by atoms with Crippen LogP contribution in [0.2, 0.25) is 5.02 Å². The van der Waals surface area contributed by atoms with Crippen molar-refractivity contribution >= 4 is 23.0 Å². The summed E-state index contributed by atoms with van der Waals surface area (Å²) in [5, 5.41) is 2.65. The summed E-state index contributed by atoms with van der Waals surface area (Å²) in [7, 11) is 0. The van der Waals surface area contributed by atoms with Gasteiger partial charge >= 0.3 is 0 Å². The highest BCUT2D eigenvalue weighted by Crippen LogP contribution is 2.43. The number of hydrazine groups is 2. The minimum absolute atomic E-state index is 0.370. The average molecular weight is 305 g/mol. The number of pyridine rings is 1. The van der Waals surface area contributed by atoms with Gasteiger partial charge in [-0.1, -0.05) is 17.7 Å². The molecule has 1 aromatic carbocycles. The fraction of sp³-hybridized carbons (Fsp3) is 0.267. The predicted octanol–water partition coefficient (Wildman–Crippen LogP) is 3.60. The van der Waals surface area contributed by atoms with E-state index in [2.05, 4.69) is 21.0 Å². The highest BCUT2D eigenvalue weighted by molar-refractivity contribution is 6.36. The van der Waals surface area contributed by atoms with Crippen LogP contribution in [0.3, 0.4) is 0 Å². The van der Waals surface area contributed by atoms with Gasteiger partial charge in [-0.25, -0.2) is 4.39 Å². The van der Waals surface area contributed by atoms with Gasteiger partial charge in [0.15, 0.2) is 0 Å². The smallest absolute Gasteiger partial charge is 0.142 e. The monoisotopic (exact) mass is 304 g/mol. The fourth-order valence-corrected chi connectivity index (χ4v) is 2.89. The molecule has 1 aliphatic carbocycles. The number of fused-ring (bicyclic) bond motifs is 1. The topological polar surface area (TPSA) is 40.2 Å². The van der Waals surface area contributed by atoms with E-state index in [0.29, 0.717) is 10.6 Å². The fourth-order valence-electron chi connectivity index (χ4n) is 2.58. The van der Waals surface area contributed by atoms with Crippen LogP contribution in [-0.2, 0) is 0 Å². The number of aromatic nitrogens is 1. The second kappa shape index (κ2) is 4.86. The van der Waals surface area contributed by atoms with Crippen molar-refractivity contribution in [2.75, 3.05) is 17.0 Å². The molecule has 1 saturated carbocycles. The molecule has 0 radical (unpaired) electrons. The van der Waals surface area contributed by atoms with Crippen molar-refractivity contribution in [3.63, 3.8) is 0 Å². The van der Waals surface area contributed by atoms with Crippen molar-refractivity contribution in [2.45, 2.75) is 12.8 Å². The SMILES string of the molecule is Fc1cncc(-c2ccc3c(c2Cl)NNN3CC2CC2)c1. The van der Waals surface area contributed by atoms with E-state index in [1.165, 1.54) is 25.1 Å². The Morgan fingerprint density at radius 1 is 1.33 bits per heavy atom. The maximum atomic E-state index is 13.3. The molecule has 2 heterocycles. The molecule has 4 rings (SSSR count). The number of nitrogens with one attached hydrogen (secondary N) is 2. The van der Waals surface area contributed by atoms with Crippen LogP contribution >= 0.6 is 11.6 Å². The van der Waals surface area contributed by atoms with E-state index in [1.54, 1.807) is 6.20 Å². The first-order valence-corrected chi connectivity index (χ1v) is 7.33. The Morgan fingerprint density at radius 2 is 2.19 bits per heavy atom. The van der Waals surface area contributed by atoms with Crippen LogP contribution in [0.25, 0.3) is 11.1 Å². The van der Waals surface area contributed by atoms with Gasteiger partial charge in [0, 0.05) is 23.9 Å². The summed E-state index contributed by atoms with van der Waals surface area (Å²) in [6, 6.07) is 5.34. The summed E-state index contributed by atoms with van der Waals surface area (Å²) in [6.07, 6.45) is 5.37. The van der Waals surface area contributed by atoms with Gasteiger partial charge < -0.3 is 5.43 Å². The van der Waals surface area contributed by atoms with Crippen molar-refractivity contribution in [1.82, 2.24) is 10.5 Å². The summed E-state index contributed by atoms with van der Waals surface area (Å²) in [6.45, 7) is 0.969. The van der Waals surface area contributed by atoms with Gasteiger partial charge in [0.25, 0.3) is 0 Å². The van der Waals surface area contributed by atoms with E-state index < -0.39 is 0 Å². The maximum Gasteiger partial charge on any atom is 0.142 e. The Labute approximate surface area is 126 Å². The predicted molar refractivity (Wildman–Crippen MR) is 81.5 cm³/mol. The molecule has 1 fully saturated rings. The van der Waals surface area contributed by atoms with Crippen LogP contribution < -0.4 is 16.0 Å². The summed E-state index contributed by atoms with van der Waals surface area (Å²) >= 11 is 6.48. The minimum atomic E-state index is -0.370. The van der Waals surface area contributed by atoms with Crippen molar-refractivity contribution in [3.05, 3.63) is 41.4 Å². The van der Waals surface area contributed by atoms with Crippen LogP contribution in [-0.4, -0.2) is 11.5 Å². The van der Waals surface area contributed by atoms with Gasteiger partial charge in [0.2, 0.25) is 0 Å². The molecule has 0 spiro atoms. The zero-order valence-electron chi connectivity index (χ0n) is 11.2. The lowest BCUT2D eigenvalue weighted by atomic mass is 10.1. The summed E-state index contributed by atoms with van der Waals surface area (Å²) in [5.74, 6) is 0.390. The zero-order chi connectivity index (χ0) is 14.4. The molecule has 0 bridgehead atoms. The van der Waals surface area contributed by atoms with Crippen molar-refractivity contribution in [3.8, 4) is 11.1 Å². The summed E-state index contributed by atoms with van der Waals surface area (Å²) in [5.41, 5.74) is 9.54. The van der Waals surface area contributed by atoms with E-state index in [0.717, 1.165) is 29.4 Å². The third-order valence-electron chi connectivity index (χ3n) is 3.88. The van der Waals surface area contributed by atoms with E-state index in [-0.39, 0.29) is 5.82 Å². The number of rotatable bonds is 3. The molecule has 4 nitrogen and oxygen atoms in total. The second-order valence-corrected chi connectivity index (χ2v) is 5.88. The van der Waals surface area contributed by atoms with E-state index in [4.69, 9.17) is 11.6 Å². The van der Waals surface area contributed by atoms with Crippen molar-refractivity contribution in [2.24, 2.45) is 5.92 Å². The molecule has 6 heteroatoms. The molecule has 108 valence electrons. The normalized spacial score (nSPS) is 16.8. The van der Waals surface area contributed by atoms with Gasteiger partial charge in [-0.3, -0.25) is 9.99 Å². The van der Waals surface area contributed by atoms with Crippen molar-refractivity contribution in [1.29, 1.82) is 0 Å². The minimum Gasteiger partial charge on any atom is -0.300 e. The molecule has 0 saturated heterocycles. The maximum absolute atomic E-state index is 13.3. The van der Waals surface area contributed by atoms with Gasteiger partial charge in [-0.05, 0) is 30.9 Å². The quantitative estimate of drug-likeness (QED) is 0.909. The molecular formula is C15H14ClFN4.